The fourth-order valence-electron chi connectivity index (χ4n) is 3.28. The first-order valence-electron chi connectivity index (χ1n) is 7.89. The molecular weight excluding hydrogens is 269 g/mol. The highest BCUT2D eigenvalue weighted by Crippen LogP contribution is 2.43. The Morgan fingerprint density at radius 3 is 2.86 bits per heavy atom. The molecule has 1 spiro atoms. The summed E-state index contributed by atoms with van der Waals surface area (Å²) >= 11 is 0. The van der Waals surface area contributed by atoms with Gasteiger partial charge in [-0.3, -0.25) is 0 Å². The Bertz CT molecular complexity index is 502. The monoisotopic (exact) mass is 293 g/mol. The molecule has 3 nitrogen and oxygen atoms in total. The molecule has 3 rings (SSSR count). The molecule has 2 unspecified atom stereocenters. The van der Waals surface area contributed by atoms with E-state index in [0.717, 1.165) is 32.3 Å². The van der Waals surface area contributed by atoms with E-state index in [1.54, 1.807) is 0 Å². The van der Waals surface area contributed by atoms with Crippen molar-refractivity contribution >= 4 is 0 Å². The number of benzene rings is 1. The summed E-state index contributed by atoms with van der Waals surface area (Å²) in [6.07, 6.45) is 5.49. The Morgan fingerprint density at radius 2 is 2.24 bits per heavy atom. The van der Waals surface area contributed by atoms with Gasteiger partial charge < -0.3 is 14.8 Å². The van der Waals surface area contributed by atoms with Crippen molar-refractivity contribution < 1.29 is 13.9 Å². The molecule has 1 aliphatic carbocycles. The highest BCUT2D eigenvalue weighted by molar-refractivity contribution is 5.31. The molecule has 0 aromatic heterocycles. The zero-order chi connectivity index (χ0) is 14.9. The molecule has 0 amide bonds. The number of hydrogen-bond donors (Lipinski definition) is 1. The Morgan fingerprint density at radius 1 is 1.43 bits per heavy atom. The van der Waals surface area contributed by atoms with Crippen molar-refractivity contribution in [1.29, 1.82) is 0 Å². The highest BCUT2D eigenvalue weighted by atomic mass is 19.1. The fraction of sp³-hybridized carbons (Fsp3) is 0.647. The molecular formula is C17H24FNO2. The van der Waals surface area contributed by atoms with E-state index in [4.69, 9.17) is 9.47 Å². The van der Waals surface area contributed by atoms with Gasteiger partial charge in [-0.2, -0.15) is 0 Å². The molecule has 1 N–H and O–H groups in total. The molecule has 1 saturated heterocycles. The molecule has 1 heterocycles. The van der Waals surface area contributed by atoms with E-state index in [1.165, 1.54) is 12.5 Å². The largest absolute Gasteiger partial charge is 0.490 e. The van der Waals surface area contributed by atoms with Gasteiger partial charge in [0, 0.05) is 30.5 Å². The highest BCUT2D eigenvalue weighted by Gasteiger charge is 2.43. The van der Waals surface area contributed by atoms with Crippen LogP contribution in [-0.4, -0.2) is 25.4 Å². The molecule has 2 aliphatic rings. The average Bonchev–Trinajstić information content (AvgIpc) is 2.45. The molecule has 1 aromatic carbocycles. The Hall–Kier alpha value is -1.13. The van der Waals surface area contributed by atoms with Crippen molar-refractivity contribution in [3.63, 3.8) is 0 Å². The van der Waals surface area contributed by atoms with Gasteiger partial charge in [0.05, 0.1) is 12.2 Å². The third kappa shape index (κ3) is 3.06. The van der Waals surface area contributed by atoms with E-state index in [0.29, 0.717) is 11.3 Å². The van der Waals surface area contributed by atoms with Crippen molar-refractivity contribution in [3.05, 3.63) is 29.6 Å². The van der Waals surface area contributed by atoms with E-state index in [-0.39, 0.29) is 23.6 Å². The van der Waals surface area contributed by atoms with Crippen LogP contribution in [0.4, 0.5) is 4.39 Å². The molecule has 116 valence electrons. The number of halogens is 1. The van der Waals surface area contributed by atoms with Gasteiger partial charge in [0.25, 0.3) is 0 Å². The van der Waals surface area contributed by atoms with Crippen LogP contribution in [0, 0.1) is 5.82 Å². The maximum atomic E-state index is 14.1. The predicted octanol–water partition coefficient (Wildman–Crippen LogP) is 3.59. The lowest BCUT2D eigenvalue weighted by atomic mass is 9.74. The summed E-state index contributed by atoms with van der Waals surface area (Å²) in [5, 5.41) is 3.05. The third-order valence-corrected chi connectivity index (χ3v) is 4.89. The molecule has 21 heavy (non-hydrogen) atoms. The topological polar surface area (TPSA) is 30.5 Å². The molecule has 1 aromatic rings. The normalized spacial score (nSPS) is 25.4. The number of hydrogen-bond acceptors (Lipinski definition) is 3. The summed E-state index contributed by atoms with van der Waals surface area (Å²) in [5.74, 6) is 0.417. The van der Waals surface area contributed by atoms with Crippen molar-refractivity contribution in [2.24, 2.45) is 0 Å². The van der Waals surface area contributed by atoms with Crippen LogP contribution in [-0.2, 0) is 4.74 Å². The number of ether oxygens (including phenoxy) is 2. The molecule has 2 atom stereocenters. The van der Waals surface area contributed by atoms with E-state index in [1.807, 2.05) is 26.1 Å². The van der Waals surface area contributed by atoms with Crippen LogP contribution < -0.4 is 10.1 Å². The van der Waals surface area contributed by atoms with Gasteiger partial charge in [0.1, 0.15) is 17.7 Å². The SMILES string of the molecule is CNC(C)c1ccc(OC2CCOC3(CCC3)C2)cc1F. The van der Waals surface area contributed by atoms with Crippen molar-refractivity contribution in [2.45, 2.75) is 56.8 Å². The maximum Gasteiger partial charge on any atom is 0.131 e. The summed E-state index contributed by atoms with van der Waals surface area (Å²) in [7, 11) is 1.83. The Balaban J connectivity index is 1.66. The fourth-order valence-corrected chi connectivity index (χ4v) is 3.28. The van der Waals surface area contributed by atoms with E-state index in [9.17, 15) is 4.39 Å². The first-order chi connectivity index (χ1) is 10.1. The van der Waals surface area contributed by atoms with Gasteiger partial charge >= 0.3 is 0 Å². The second kappa shape index (κ2) is 5.93. The van der Waals surface area contributed by atoms with Crippen molar-refractivity contribution in [3.8, 4) is 5.75 Å². The Kier molecular flexibility index (Phi) is 4.18. The second-order valence-corrected chi connectivity index (χ2v) is 6.31. The summed E-state index contributed by atoms with van der Waals surface area (Å²) in [6, 6.07) is 5.19. The zero-order valence-electron chi connectivity index (χ0n) is 12.8. The maximum absolute atomic E-state index is 14.1. The molecule has 1 saturated carbocycles. The minimum Gasteiger partial charge on any atom is -0.490 e. The van der Waals surface area contributed by atoms with Crippen molar-refractivity contribution in [1.82, 2.24) is 5.32 Å². The zero-order valence-corrected chi connectivity index (χ0v) is 12.8. The summed E-state index contributed by atoms with van der Waals surface area (Å²) < 4.78 is 26.0. The standard InChI is InChI=1S/C17H24FNO2/c1-12(19-2)15-5-4-13(10-16(15)18)21-14-6-9-20-17(11-14)7-3-8-17/h4-5,10,12,14,19H,3,6-9,11H2,1-2H3. The van der Waals surface area contributed by atoms with Crippen LogP contribution in [0.15, 0.2) is 18.2 Å². The predicted molar refractivity (Wildman–Crippen MR) is 80.1 cm³/mol. The van der Waals surface area contributed by atoms with Gasteiger partial charge in [-0.15, -0.1) is 0 Å². The van der Waals surface area contributed by atoms with Crippen LogP contribution >= 0.6 is 0 Å². The molecule has 4 heteroatoms. The van der Waals surface area contributed by atoms with Gasteiger partial charge in [-0.05, 0) is 39.3 Å². The molecule has 0 bridgehead atoms. The Labute approximate surface area is 125 Å². The smallest absolute Gasteiger partial charge is 0.131 e. The summed E-state index contributed by atoms with van der Waals surface area (Å²) in [4.78, 5) is 0. The molecule has 1 aliphatic heterocycles. The first-order valence-corrected chi connectivity index (χ1v) is 7.89. The van der Waals surface area contributed by atoms with Crippen LogP contribution in [0.3, 0.4) is 0 Å². The molecule has 2 fully saturated rings. The van der Waals surface area contributed by atoms with Crippen molar-refractivity contribution in [2.75, 3.05) is 13.7 Å². The summed E-state index contributed by atoms with van der Waals surface area (Å²) in [5.41, 5.74) is 0.731. The van der Waals surface area contributed by atoms with Crippen LogP contribution in [0.1, 0.15) is 50.6 Å². The van der Waals surface area contributed by atoms with Gasteiger partial charge in [-0.25, -0.2) is 4.39 Å². The lowest BCUT2D eigenvalue weighted by Gasteiger charge is -2.46. The van der Waals surface area contributed by atoms with E-state index in [2.05, 4.69) is 5.32 Å². The van der Waals surface area contributed by atoms with Gasteiger partial charge in [0.2, 0.25) is 0 Å². The lowest BCUT2D eigenvalue weighted by molar-refractivity contribution is -0.153. The van der Waals surface area contributed by atoms with Gasteiger partial charge in [0.15, 0.2) is 0 Å². The minimum atomic E-state index is -0.209. The van der Waals surface area contributed by atoms with E-state index < -0.39 is 0 Å². The second-order valence-electron chi connectivity index (χ2n) is 6.31. The van der Waals surface area contributed by atoms with Crippen LogP contribution in [0.5, 0.6) is 5.75 Å². The lowest BCUT2D eigenvalue weighted by Crippen LogP contribution is -2.48. The first kappa shape index (κ1) is 14.8. The summed E-state index contributed by atoms with van der Waals surface area (Å²) in [6.45, 7) is 2.69. The average molecular weight is 293 g/mol. The number of rotatable bonds is 4. The van der Waals surface area contributed by atoms with Gasteiger partial charge in [-0.1, -0.05) is 6.07 Å². The van der Waals surface area contributed by atoms with E-state index >= 15 is 0 Å². The number of nitrogens with one attached hydrogen (secondary N) is 1. The van der Waals surface area contributed by atoms with Crippen LogP contribution in [0.2, 0.25) is 0 Å². The quantitative estimate of drug-likeness (QED) is 0.920. The van der Waals surface area contributed by atoms with Crippen LogP contribution in [0.25, 0.3) is 0 Å². The third-order valence-electron chi connectivity index (χ3n) is 4.89. The molecule has 0 radical (unpaired) electrons. The minimum absolute atomic E-state index is 0.000348.